The van der Waals surface area contributed by atoms with Gasteiger partial charge >= 0.3 is 0 Å². The van der Waals surface area contributed by atoms with Crippen molar-refractivity contribution in [3.05, 3.63) is 59.9 Å². The van der Waals surface area contributed by atoms with E-state index in [1.165, 1.54) is 7.05 Å². The molecule has 98 valence electrons. The van der Waals surface area contributed by atoms with Gasteiger partial charge in [0, 0.05) is 19.4 Å². The number of nitrogens with zero attached hydrogens (tertiary/aromatic N) is 2. The topological polar surface area (TPSA) is 65.8 Å². The second-order valence-electron chi connectivity index (χ2n) is 4.11. The van der Waals surface area contributed by atoms with Crippen LogP contribution < -0.4 is 5.32 Å². The first-order valence-corrected chi connectivity index (χ1v) is 6.09. The standard InChI is InChI=1S/C16H13N3O/c1-18-16(20)15(11-17)10-12-3-2-4-14(9-12)13-5-7-19-8-6-13/h2-10H,1H3,(H,18,20)/b15-10-. The average molecular weight is 263 g/mol. The van der Waals surface area contributed by atoms with Gasteiger partial charge in [0.15, 0.2) is 0 Å². The highest BCUT2D eigenvalue weighted by Gasteiger charge is 2.06. The Morgan fingerprint density at radius 3 is 2.65 bits per heavy atom. The lowest BCUT2D eigenvalue weighted by molar-refractivity contribution is -0.116. The van der Waals surface area contributed by atoms with E-state index in [-0.39, 0.29) is 11.5 Å². The fourth-order valence-electron chi connectivity index (χ4n) is 1.80. The van der Waals surface area contributed by atoms with Gasteiger partial charge in [-0.2, -0.15) is 5.26 Å². The maximum atomic E-state index is 11.5. The second-order valence-corrected chi connectivity index (χ2v) is 4.11. The van der Waals surface area contributed by atoms with Crippen molar-refractivity contribution in [1.29, 1.82) is 5.26 Å². The van der Waals surface area contributed by atoms with Crippen LogP contribution >= 0.6 is 0 Å². The number of pyridine rings is 1. The minimum absolute atomic E-state index is 0.0828. The maximum absolute atomic E-state index is 11.5. The Morgan fingerprint density at radius 1 is 1.25 bits per heavy atom. The third kappa shape index (κ3) is 3.09. The summed E-state index contributed by atoms with van der Waals surface area (Å²) in [7, 11) is 1.50. The van der Waals surface area contributed by atoms with Gasteiger partial charge in [-0.05, 0) is 41.0 Å². The third-order valence-corrected chi connectivity index (χ3v) is 2.80. The lowest BCUT2D eigenvalue weighted by atomic mass is 10.0. The molecule has 2 aromatic rings. The van der Waals surface area contributed by atoms with Crippen molar-refractivity contribution in [2.45, 2.75) is 0 Å². The molecule has 4 nitrogen and oxygen atoms in total. The number of nitrogens with one attached hydrogen (secondary N) is 1. The predicted molar refractivity (Wildman–Crippen MR) is 77.3 cm³/mol. The van der Waals surface area contributed by atoms with Gasteiger partial charge in [-0.3, -0.25) is 9.78 Å². The van der Waals surface area contributed by atoms with Crippen molar-refractivity contribution in [3.63, 3.8) is 0 Å². The molecule has 1 aromatic carbocycles. The molecule has 0 fully saturated rings. The van der Waals surface area contributed by atoms with E-state index in [1.54, 1.807) is 18.5 Å². The van der Waals surface area contributed by atoms with Crippen LogP contribution in [0.4, 0.5) is 0 Å². The molecule has 0 saturated carbocycles. The highest BCUT2D eigenvalue weighted by atomic mass is 16.1. The van der Waals surface area contributed by atoms with E-state index in [0.29, 0.717) is 0 Å². The molecule has 20 heavy (non-hydrogen) atoms. The Morgan fingerprint density at radius 2 is 2.00 bits per heavy atom. The van der Waals surface area contributed by atoms with Crippen LogP contribution in [0.2, 0.25) is 0 Å². The molecule has 0 radical (unpaired) electrons. The van der Waals surface area contributed by atoms with Gasteiger partial charge in [0.1, 0.15) is 11.6 Å². The number of carbonyl (C=O) groups excluding carboxylic acids is 1. The van der Waals surface area contributed by atoms with Crippen molar-refractivity contribution in [1.82, 2.24) is 10.3 Å². The Labute approximate surface area is 117 Å². The number of hydrogen-bond donors (Lipinski definition) is 1. The summed E-state index contributed by atoms with van der Waals surface area (Å²) >= 11 is 0. The third-order valence-electron chi connectivity index (χ3n) is 2.80. The zero-order valence-corrected chi connectivity index (χ0v) is 11.0. The fraction of sp³-hybridized carbons (Fsp3) is 0.0625. The zero-order chi connectivity index (χ0) is 14.4. The van der Waals surface area contributed by atoms with E-state index in [9.17, 15) is 4.79 Å². The molecule has 1 aromatic heterocycles. The Hall–Kier alpha value is -2.93. The van der Waals surface area contributed by atoms with Crippen molar-refractivity contribution in [3.8, 4) is 17.2 Å². The average Bonchev–Trinajstić information content (AvgIpc) is 2.53. The normalized spacial score (nSPS) is 10.7. The number of benzene rings is 1. The zero-order valence-electron chi connectivity index (χ0n) is 11.0. The SMILES string of the molecule is CNC(=O)/C(C#N)=C\c1cccc(-c2ccncc2)c1. The van der Waals surface area contributed by atoms with Gasteiger partial charge in [-0.1, -0.05) is 18.2 Å². The second kappa shape index (κ2) is 6.30. The summed E-state index contributed by atoms with van der Waals surface area (Å²) in [5.41, 5.74) is 2.93. The highest BCUT2D eigenvalue weighted by molar-refractivity contribution is 6.01. The summed E-state index contributed by atoms with van der Waals surface area (Å²) in [6.07, 6.45) is 5.02. The van der Waals surface area contributed by atoms with Gasteiger partial charge in [0.05, 0.1) is 0 Å². The summed E-state index contributed by atoms with van der Waals surface area (Å²) in [6, 6.07) is 13.4. The van der Waals surface area contributed by atoms with Crippen LogP contribution in [0.25, 0.3) is 17.2 Å². The van der Waals surface area contributed by atoms with Crippen molar-refractivity contribution >= 4 is 12.0 Å². The Balaban J connectivity index is 2.38. The van der Waals surface area contributed by atoms with Crippen LogP contribution in [0, 0.1) is 11.3 Å². The van der Waals surface area contributed by atoms with Gasteiger partial charge in [-0.25, -0.2) is 0 Å². The lowest BCUT2D eigenvalue weighted by Crippen LogP contribution is -2.19. The smallest absolute Gasteiger partial charge is 0.261 e. The van der Waals surface area contributed by atoms with E-state index >= 15 is 0 Å². The molecular weight excluding hydrogens is 250 g/mol. The number of hydrogen-bond acceptors (Lipinski definition) is 3. The van der Waals surface area contributed by atoms with Crippen LogP contribution in [0.5, 0.6) is 0 Å². The summed E-state index contributed by atoms with van der Waals surface area (Å²) < 4.78 is 0. The van der Waals surface area contributed by atoms with Gasteiger partial charge < -0.3 is 5.32 Å². The largest absolute Gasteiger partial charge is 0.354 e. The molecule has 4 heteroatoms. The Kier molecular flexibility index (Phi) is 4.25. The molecule has 0 bridgehead atoms. The molecule has 0 aliphatic carbocycles. The molecule has 0 aliphatic heterocycles. The first-order valence-electron chi connectivity index (χ1n) is 6.09. The molecule has 1 amide bonds. The quantitative estimate of drug-likeness (QED) is 0.683. The van der Waals surface area contributed by atoms with E-state index in [0.717, 1.165) is 16.7 Å². The number of amides is 1. The van der Waals surface area contributed by atoms with Gasteiger partial charge in [0.25, 0.3) is 5.91 Å². The summed E-state index contributed by atoms with van der Waals surface area (Å²) in [5.74, 6) is -0.387. The van der Waals surface area contributed by atoms with Crippen LogP contribution in [0.1, 0.15) is 5.56 Å². The molecule has 0 spiro atoms. The van der Waals surface area contributed by atoms with E-state index in [1.807, 2.05) is 42.5 Å². The molecule has 0 unspecified atom stereocenters. The molecule has 2 rings (SSSR count). The van der Waals surface area contributed by atoms with E-state index in [4.69, 9.17) is 5.26 Å². The lowest BCUT2D eigenvalue weighted by Gasteiger charge is -2.03. The minimum Gasteiger partial charge on any atom is -0.354 e. The first kappa shape index (κ1) is 13.5. The number of rotatable bonds is 3. The summed E-state index contributed by atoms with van der Waals surface area (Å²) in [5, 5.41) is 11.4. The van der Waals surface area contributed by atoms with Crippen molar-refractivity contribution < 1.29 is 4.79 Å². The van der Waals surface area contributed by atoms with E-state index < -0.39 is 0 Å². The monoisotopic (exact) mass is 263 g/mol. The van der Waals surface area contributed by atoms with Crippen LogP contribution in [0.15, 0.2) is 54.4 Å². The minimum atomic E-state index is -0.387. The number of carbonyl (C=O) groups is 1. The maximum Gasteiger partial charge on any atom is 0.261 e. The van der Waals surface area contributed by atoms with Crippen molar-refractivity contribution in [2.24, 2.45) is 0 Å². The highest BCUT2D eigenvalue weighted by Crippen LogP contribution is 2.20. The van der Waals surface area contributed by atoms with Crippen LogP contribution in [-0.2, 0) is 4.79 Å². The van der Waals surface area contributed by atoms with E-state index in [2.05, 4.69) is 10.3 Å². The number of nitriles is 1. The fourth-order valence-corrected chi connectivity index (χ4v) is 1.80. The van der Waals surface area contributed by atoms with Gasteiger partial charge in [0.2, 0.25) is 0 Å². The predicted octanol–water partition coefficient (Wildman–Crippen LogP) is 2.40. The Bertz CT molecular complexity index is 684. The molecule has 1 heterocycles. The van der Waals surface area contributed by atoms with Crippen LogP contribution in [0.3, 0.4) is 0 Å². The number of likely N-dealkylation sites (N-methyl/N-ethyl adjacent to an activating group) is 1. The number of aromatic nitrogens is 1. The summed E-state index contributed by atoms with van der Waals surface area (Å²) in [4.78, 5) is 15.5. The van der Waals surface area contributed by atoms with Gasteiger partial charge in [-0.15, -0.1) is 0 Å². The first-order chi connectivity index (χ1) is 9.74. The molecular formula is C16H13N3O. The molecule has 0 saturated heterocycles. The molecule has 1 N–H and O–H groups in total. The summed E-state index contributed by atoms with van der Waals surface area (Å²) in [6.45, 7) is 0. The van der Waals surface area contributed by atoms with Crippen LogP contribution in [-0.4, -0.2) is 17.9 Å². The van der Waals surface area contributed by atoms with Crippen molar-refractivity contribution in [2.75, 3.05) is 7.05 Å². The molecule has 0 atom stereocenters. The molecule has 0 aliphatic rings.